The predicted molar refractivity (Wildman–Crippen MR) is 81.2 cm³/mol. The molecule has 0 saturated heterocycles. The minimum Gasteiger partial charge on any atom is -0.355 e. The lowest BCUT2D eigenvalue weighted by atomic mass is 10.2. The van der Waals surface area contributed by atoms with Crippen LogP contribution in [0.2, 0.25) is 0 Å². The molecule has 0 spiro atoms. The SMILES string of the molecule is C/C=C/N=C(c1cccnc1)N(C)/C=C(/C)C(=O)NC. The molecule has 0 fully saturated rings. The fourth-order valence-corrected chi connectivity index (χ4v) is 1.62. The summed E-state index contributed by atoms with van der Waals surface area (Å²) < 4.78 is 0. The highest BCUT2D eigenvalue weighted by Crippen LogP contribution is 2.06. The quantitative estimate of drug-likeness (QED) is 0.518. The smallest absolute Gasteiger partial charge is 0.248 e. The molecular weight excluding hydrogens is 252 g/mol. The van der Waals surface area contributed by atoms with Crippen molar-refractivity contribution in [1.82, 2.24) is 15.2 Å². The van der Waals surface area contributed by atoms with E-state index >= 15 is 0 Å². The van der Waals surface area contributed by atoms with Gasteiger partial charge >= 0.3 is 0 Å². The zero-order chi connectivity index (χ0) is 15.0. The van der Waals surface area contributed by atoms with Crippen LogP contribution in [-0.4, -0.2) is 35.7 Å². The summed E-state index contributed by atoms with van der Waals surface area (Å²) in [6, 6.07) is 3.78. The van der Waals surface area contributed by atoms with E-state index in [4.69, 9.17) is 0 Å². The van der Waals surface area contributed by atoms with Gasteiger partial charge in [0, 0.05) is 50.0 Å². The molecule has 1 heterocycles. The van der Waals surface area contributed by atoms with Gasteiger partial charge in [-0.1, -0.05) is 6.08 Å². The van der Waals surface area contributed by atoms with Gasteiger partial charge in [-0.3, -0.25) is 9.78 Å². The number of hydrogen-bond donors (Lipinski definition) is 1. The van der Waals surface area contributed by atoms with E-state index in [-0.39, 0.29) is 5.91 Å². The van der Waals surface area contributed by atoms with Crippen molar-refractivity contribution in [3.63, 3.8) is 0 Å². The minimum absolute atomic E-state index is 0.117. The molecule has 1 aromatic heterocycles. The van der Waals surface area contributed by atoms with Crippen molar-refractivity contribution in [1.29, 1.82) is 0 Å². The Hall–Kier alpha value is -2.43. The first kappa shape index (κ1) is 15.6. The van der Waals surface area contributed by atoms with Gasteiger partial charge in [0.05, 0.1) is 0 Å². The van der Waals surface area contributed by atoms with E-state index in [1.807, 2.05) is 37.1 Å². The van der Waals surface area contributed by atoms with Crippen LogP contribution < -0.4 is 5.32 Å². The summed E-state index contributed by atoms with van der Waals surface area (Å²) in [6.45, 7) is 3.65. The van der Waals surface area contributed by atoms with Crippen molar-refractivity contribution in [2.75, 3.05) is 14.1 Å². The molecule has 1 N–H and O–H groups in total. The summed E-state index contributed by atoms with van der Waals surface area (Å²) in [4.78, 5) is 21.8. The molecule has 20 heavy (non-hydrogen) atoms. The summed E-state index contributed by atoms with van der Waals surface area (Å²) in [5, 5.41) is 2.59. The number of aliphatic imine (C=N–C) groups is 1. The number of amides is 1. The summed E-state index contributed by atoms with van der Waals surface area (Å²) in [5.74, 6) is 0.605. The third-order valence-corrected chi connectivity index (χ3v) is 2.57. The summed E-state index contributed by atoms with van der Waals surface area (Å²) in [7, 11) is 3.46. The monoisotopic (exact) mass is 272 g/mol. The number of carbonyl (C=O) groups is 1. The second-order valence-electron chi connectivity index (χ2n) is 4.18. The summed E-state index contributed by atoms with van der Waals surface area (Å²) in [6.07, 6.45) is 8.75. The third-order valence-electron chi connectivity index (χ3n) is 2.57. The maximum absolute atomic E-state index is 11.5. The molecule has 1 rings (SSSR count). The molecule has 0 unspecified atom stereocenters. The van der Waals surface area contributed by atoms with Crippen molar-refractivity contribution in [3.05, 3.63) is 54.1 Å². The zero-order valence-electron chi connectivity index (χ0n) is 12.3. The molecule has 0 saturated carbocycles. The van der Waals surface area contributed by atoms with Crippen LogP contribution in [0, 0.1) is 0 Å². The average molecular weight is 272 g/mol. The number of likely N-dealkylation sites (N-methyl/N-ethyl adjacent to an activating group) is 1. The molecule has 1 aromatic rings. The van der Waals surface area contributed by atoms with E-state index in [1.54, 1.807) is 38.8 Å². The molecule has 5 heteroatoms. The first-order valence-electron chi connectivity index (χ1n) is 6.32. The van der Waals surface area contributed by atoms with Gasteiger partial charge in [-0.2, -0.15) is 0 Å². The molecule has 0 aliphatic carbocycles. The standard InChI is InChI=1S/C15H20N4O/c1-5-8-18-14(13-7-6-9-17-10-13)19(4)11-12(2)15(20)16-3/h5-11H,1-4H3,(H,16,20)/b8-5+,12-11-,18-14?. The van der Waals surface area contributed by atoms with E-state index in [1.165, 1.54) is 0 Å². The van der Waals surface area contributed by atoms with Crippen LogP contribution in [0.4, 0.5) is 0 Å². The molecule has 1 amide bonds. The number of pyridine rings is 1. The Balaban J connectivity index is 3.10. The van der Waals surface area contributed by atoms with Crippen molar-refractivity contribution >= 4 is 11.7 Å². The van der Waals surface area contributed by atoms with Gasteiger partial charge in [0.15, 0.2) is 0 Å². The van der Waals surface area contributed by atoms with Crippen LogP contribution in [0.3, 0.4) is 0 Å². The number of nitrogens with zero attached hydrogens (tertiary/aromatic N) is 3. The molecule has 106 valence electrons. The van der Waals surface area contributed by atoms with E-state index in [9.17, 15) is 4.79 Å². The Bertz CT molecular complexity index is 532. The van der Waals surface area contributed by atoms with Gasteiger partial charge in [0.2, 0.25) is 5.91 Å². The Morgan fingerprint density at radius 2 is 2.25 bits per heavy atom. The molecule has 0 atom stereocenters. The van der Waals surface area contributed by atoms with Crippen molar-refractivity contribution < 1.29 is 4.79 Å². The normalized spacial score (nSPS) is 12.6. The van der Waals surface area contributed by atoms with E-state index in [0.29, 0.717) is 5.57 Å². The van der Waals surface area contributed by atoms with Gasteiger partial charge in [-0.25, -0.2) is 4.99 Å². The van der Waals surface area contributed by atoms with Gasteiger partial charge in [-0.15, -0.1) is 0 Å². The topological polar surface area (TPSA) is 57.6 Å². The average Bonchev–Trinajstić information content (AvgIpc) is 2.47. The van der Waals surface area contributed by atoms with Crippen molar-refractivity contribution in [2.24, 2.45) is 4.99 Å². The fraction of sp³-hybridized carbons (Fsp3) is 0.267. The van der Waals surface area contributed by atoms with Crippen molar-refractivity contribution in [2.45, 2.75) is 13.8 Å². The lowest BCUT2D eigenvalue weighted by molar-refractivity contribution is -0.117. The van der Waals surface area contributed by atoms with E-state index < -0.39 is 0 Å². The summed E-state index contributed by atoms with van der Waals surface area (Å²) in [5.41, 5.74) is 1.49. The van der Waals surface area contributed by atoms with Crippen LogP contribution in [0.25, 0.3) is 0 Å². The van der Waals surface area contributed by atoms with E-state index in [2.05, 4.69) is 15.3 Å². The lowest BCUT2D eigenvalue weighted by Gasteiger charge is -2.17. The molecule has 0 aromatic carbocycles. The molecular formula is C15H20N4O. The molecule has 0 bridgehead atoms. The molecule has 0 aliphatic rings. The fourth-order valence-electron chi connectivity index (χ4n) is 1.62. The van der Waals surface area contributed by atoms with Crippen LogP contribution in [0.1, 0.15) is 19.4 Å². The van der Waals surface area contributed by atoms with Gasteiger partial charge in [0.25, 0.3) is 0 Å². The second-order valence-corrected chi connectivity index (χ2v) is 4.18. The zero-order valence-corrected chi connectivity index (χ0v) is 12.3. The number of carbonyl (C=O) groups excluding carboxylic acids is 1. The number of hydrogen-bond acceptors (Lipinski definition) is 3. The van der Waals surface area contributed by atoms with Crippen LogP contribution in [0.5, 0.6) is 0 Å². The number of rotatable bonds is 4. The Labute approximate surface area is 119 Å². The predicted octanol–water partition coefficient (Wildman–Crippen LogP) is 1.94. The molecule has 5 nitrogen and oxygen atoms in total. The largest absolute Gasteiger partial charge is 0.355 e. The molecule has 0 radical (unpaired) electrons. The second kappa shape index (κ2) is 7.89. The van der Waals surface area contributed by atoms with Crippen LogP contribution in [0.15, 0.2) is 53.6 Å². The highest BCUT2D eigenvalue weighted by molar-refractivity contribution is 6.00. The maximum Gasteiger partial charge on any atom is 0.248 e. The molecule has 0 aliphatic heterocycles. The lowest BCUT2D eigenvalue weighted by Crippen LogP contribution is -2.25. The number of nitrogens with one attached hydrogen (secondary N) is 1. The van der Waals surface area contributed by atoms with Gasteiger partial charge < -0.3 is 10.2 Å². The first-order chi connectivity index (χ1) is 9.60. The maximum atomic E-state index is 11.5. The highest BCUT2D eigenvalue weighted by Gasteiger charge is 2.09. The Morgan fingerprint density at radius 3 is 2.80 bits per heavy atom. The number of allylic oxidation sites excluding steroid dienone is 1. The minimum atomic E-state index is -0.117. The highest BCUT2D eigenvalue weighted by atomic mass is 16.1. The Kier molecular flexibility index (Phi) is 6.16. The number of aromatic nitrogens is 1. The number of amidine groups is 1. The first-order valence-corrected chi connectivity index (χ1v) is 6.32. The summed E-state index contributed by atoms with van der Waals surface area (Å²) >= 11 is 0. The van der Waals surface area contributed by atoms with Crippen molar-refractivity contribution in [3.8, 4) is 0 Å². The van der Waals surface area contributed by atoms with E-state index in [0.717, 1.165) is 11.4 Å². The Morgan fingerprint density at radius 1 is 1.50 bits per heavy atom. The van der Waals surface area contributed by atoms with Crippen LogP contribution in [-0.2, 0) is 4.79 Å². The van der Waals surface area contributed by atoms with Crippen LogP contribution >= 0.6 is 0 Å². The van der Waals surface area contributed by atoms with Gasteiger partial charge in [0.1, 0.15) is 5.84 Å². The van der Waals surface area contributed by atoms with Gasteiger partial charge in [-0.05, 0) is 26.0 Å². The third kappa shape index (κ3) is 4.35.